The van der Waals surface area contributed by atoms with Gasteiger partial charge in [-0.2, -0.15) is 9.40 Å². The number of nitrogens with one attached hydrogen (secondary N) is 1. The normalized spacial score (nSPS) is 15.6. The van der Waals surface area contributed by atoms with Gasteiger partial charge in [-0.1, -0.05) is 25.5 Å². The molecule has 1 aliphatic rings. The average molecular weight is 580 g/mol. The van der Waals surface area contributed by atoms with Gasteiger partial charge in [-0.25, -0.2) is 17.8 Å². The van der Waals surface area contributed by atoms with Crippen molar-refractivity contribution in [2.75, 3.05) is 19.7 Å². The van der Waals surface area contributed by atoms with Crippen molar-refractivity contribution in [2.24, 2.45) is 7.05 Å². The Labute approximate surface area is 236 Å². The maximum absolute atomic E-state index is 13.8. The quantitative estimate of drug-likeness (QED) is 0.314. The topological polar surface area (TPSA) is 127 Å². The number of ether oxygens (including phenoxy) is 1. The fourth-order valence-corrected chi connectivity index (χ4v) is 6.35. The van der Waals surface area contributed by atoms with Gasteiger partial charge in [0.05, 0.1) is 22.8 Å². The minimum atomic E-state index is -4.06. The van der Waals surface area contributed by atoms with Gasteiger partial charge < -0.3 is 9.72 Å². The van der Waals surface area contributed by atoms with Crippen LogP contribution in [0.25, 0.3) is 28.5 Å². The maximum atomic E-state index is 13.8. The lowest BCUT2D eigenvalue weighted by Crippen LogP contribution is -2.40. The highest BCUT2D eigenvalue weighted by atomic mass is 32.2. The van der Waals surface area contributed by atoms with E-state index in [2.05, 4.69) is 10.1 Å². The molecular formula is C29H30FN5O5S. The summed E-state index contributed by atoms with van der Waals surface area (Å²) in [5.41, 5.74) is 2.29. The number of aromatic amines is 1. The molecule has 12 heteroatoms. The summed E-state index contributed by atoms with van der Waals surface area (Å²) in [6, 6.07) is 10.0. The number of aryl methyl sites for hydroxylation is 2. The van der Waals surface area contributed by atoms with E-state index >= 15 is 0 Å². The number of fused-ring (bicyclic) bond motifs is 1. The van der Waals surface area contributed by atoms with Gasteiger partial charge in [0.25, 0.3) is 5.56 Å². The lowest BCUT2D eigenvalue weighted by molar-refractivity contribution is -0.116. The summed E-state index contributed by atoms with van der Waals surface area (Å²) in [6.45, 7) is 4.00. The molecule has 0 saturated carbocycles. The Balaban J connectivity index is 1.56. The number of carbonyl (C=O) groups excluding carboxylic acids is 1. The van der Waals surface area contributed by atoms with Crippen LogP contribution in [-0.2, 0) is 28.3 Å². The first-order valence-electron chi connectivity index (χ1n) is 13.3. The molecule has 5 rings (SSSR count). The van der Waals surface area contributed by atoms with E-state index in [1.165, 1.54) is 51.5 Å². The number of ketones is 1. The minimum absolute atomic E-state index is 0.0155. The van der Waals surface area contributed by atoms with Crippen LogP contribution in [0.2, 0.25) is 0 Å². The predicted octanol–water partition coefficient (Wildman–Crippen LogP) is 3.86. The first-order valence-corrected chi connectivity index (χ1v) is 14.8. The smallest absolute Gasteiger partial charge is 0.277 e. The fourth-order valence-electron chi connectivity index (χ4n) is 4.90. The fraction of sp³-hybridized carbons (Fsp3) is 0.310. The third-order valence-electron chi connectivity index (χ3n) is 6.90. The second-order valence-corrected chi connectivity index (χ2v) is 11.7. The lowest BCUT2D eigenvalue weighted by Gasteiger charge is -2.27. The molecule has 0 unspecified atom stereocenters. The molecule has 2 aromatic heterocycles. The summed E-state index contributed by atoms with van der Waals surface area (Å²) < 4.78 is 49.4. The van der Waals surface area contributed by atoms with Crippen LogP contribution in [0.1, 0.15) is 37.9 Å². The second kappa shape index (κ2) is 11.4. The molecule has 0 aliphatic carbocycles. The number of hydrogen-bond donors (Lipinski definition) is 1. The average Bonchev–Trinajstić information content (AvgIpc) is 3.26. The van der Waals surface area contributed by atoms with E-state index in [4.69, 9.17) is 9.72 Å². The number of benzene rings is 2. The van der Waals surface area contributed by atoms with Crippen LogP contribution in [0.15, 0.2) is 57.7 Å². The van der Waals surface area contributed by atoms with E-state index in [9.17, 15) is 22.4 Å². The molecule has 1 saturated heterocycles. The number of H-pyrrole nitrogens is 1. The molecule has 2 aromatic carbocycles. The molecule has 0 bridgehead atoms. The molecule has 0 radical (unpaired) electrons. The zero-order chi connectivity index (χ0) is 29.3. The molecule has 41 heavy (non-hydrogen) atoms. The largest absolute Gasteiger partial charge is 0.493 e. The second-order valence-electron chi connectivity index (χ2n) is 9.76. The Bertz CT molecular complexity index is 1830. The standard InChI is InChI=1S/C29H30FN5O5S/c1-4-6-23-26-27(34(3)33-23)29(37)32-28(31-26)22-16-21(11-12-25(22)40-5-2)41(38,39)35-14-13-24(36)19(17-35)15-18-7-9-20(30)10-8-18/h7-12,15-16H,4-6,13-14,17H2,1-3H3,(H,31,32,37)/b19-15-. The third-order valence-corrected chi connectivity index (χ3v) is 8.74. The zero-order valence-corrected chi connectivity index (χ0v) is 23.8. The molecule has 3 heterocycles. The van der Waals surface area contributed by atoms with E-state index in [0.29, 0.717) is 52.2 Å². The first kappa shape index (κ1) is 28.4. The summed E-state index contributed by atoms with van der Waals surface area (Å²) >= 11 is 0. The Kier molecular flexibility index (Phi) is 7.87. The van der Waals surface area contributed by atoms with Crippen molar-refractivity contribution in [2.45, 2.75) is 38.0 Å². The summed E-state index contributed by atoms with van der Waals surface area (Å²) in [6.07, 6.45) is 3.03. The molecule has 0 amide bonds. The SMILES string of the molecule is CCCc1nn(C)c2c(=O)[nH]c(-c3cc(S(=O)(=O)N4CCC(=O)/C(=C\c5ccc(F)cc5)C4)ccc3OCC)nc12. The molecule has 10 nitrogen and oxygen atoms in total. The summed E-state index contributed by atoms with van der Waals surface area (Å²) in [5, 5.41) is 4.45. The maximum Gasteiger partial charge on any atom is 0.277 e. The van der Waals surface area contributed by atoms with E-state index < -0.39 is 21.4 Å². The van der Waals surface area contributed by atoms with E-state index in [-0.39, 0.29) is 36.0 Å². The highest BCUT2D eigenvalue weighted by molar-refractivity contribution is 7.89. The van der Waals surface area contributed by atoms with Gasteiger partial charge in [0, 0.05) is 32.1 Å². The summed E-state index contributed by atoms with van der Waals surface area (Å²) in [4.78, 5) is 33.1. The van der Waals surface area contributed by atoms with Crippen molar-refractivity contribution in [3.63, 3.8) is 0 Å². The molecule has 0 spiro atoms. The molecular weight excluding hydrogens is 549 g/mol. The molecule has 1 fully saturated rings. The molecule has 1 N–H and O–H groups in total. The highest BCUT2D eigenvalue weighted by Crippen LogP contribution is 2.33. The zero-order valence-electron chi connectivity index (χ0n) is 23.0. The van der Waals surface area contributed by atoms with Gasteiger partial charge in [-0.15, -0.1) is 0 Å². The van der Waals surface area contributed by atoms with Crippen LogP contribution in [-0.4, -0.2) is 58.0 Å². The van der Waals surface area contributed by atoms with Crippen LogP contribution in [0.4, 0.5) is 4.39 Å². The highest BCUT2D eigenvalue weighted by Gasteiger charge is 2.32. The van der Waals surface area contributed by atoms with E-state index in [0.717, 1.165) is 6.42 Å². The molecule has 4 aromatic rings. The molecule has 214 valence electrons. The van der Waals surface area contributed by atoms with Crippen LogP contribution in [0.5, 0.6) is 5.75 Å². The number of aromatic nitrogens is 4. The van der Waals surface area contributed by atoms with Crippen molar-refractivity contribution in [3.8, 4) is 17.1 Å². The van der Waals surface area contributed by atoms with E-state index in [1.807, 2.05) is 6.92 Å². The first-order chi connectivity index (χ1) is 19.6. The third kappa shape index (κ3) is 5.57. The number of carbonyl (C=O) groups is 1. The summed E-state index contributed by atoms with van der Waals surface area (Å²) in [7, 11) is -2.38. The van der Waals surface area contributed by atoms with Gasteiger partial charge in [0.15, 0.2) is 11.3 Å². The molecule has 1 aliphatic heterocycles. The number of nitrogens with zero attached hydrogens (tertiary/aromatic N) is 4. The van der Waals surface area contributed by atoms with Crippen molar-refractivity contribution in [3.05, 3.63) is 75.5 Å². The number of halogens is 1. The number of Topliss-reactive ketones (excluding diaryl/α,β-unsaturated/α-hetero) is 1. The van der Waals surface area contributed by atoms with Crippen LogP contribution in [0, 0.1) is 5.82 Å². The van der Waals surface area contributed by atoms with Gasteiger partial charge in [0.1, 0.15) is 22.9 Å². The monoisotopic (exact) mass is 579 g/mol. The van der Waals surface area contributed by atoms with Gasteiger partial charge in [-0.05, 0) is 55.3 Å². The van der Waals surface area contributed by atoms with Crippen LogP contribution in [0.3, 0.4) is 0 Å². The summed E-state index contributed by atoms with van der Waals surface area (Å²) in [5.74, 6) is -0.0417. The Morgan fingerprint density at radius 1 is 1.12 bits per heavy atom. The number of sulfonamides is 1. The molecule has 0 atom stereocenters. The van der Waals surface area contributed by atoms with Gasteiger partial charge in [0.2, 0.25) is 10.0 Å². The van der Waals surface area contributed by atoms with Crippen molar-refractivity contribution in [1.82, 2.24) is 24.1 Å². The van der Waals surface area contributed by atoms with Crippen LogP contribution >= 0.6 is 0 Å². The van der Waals surface area contributed by atoms with Crippen molar-refractivity contribution in [1.29, 1.82) is 0 Å². The van der Waals surface area contributed by atoms with Gasteiger partial charge in [-0.3, -0.25) is 14.3 Å². The van der Waals surface area contributed by atoms with Crippen molar-refractivity contribution >= 4 is 32.9 Å². The van der Waals surface area contributed by atoms with Gasteiger partial charge >= 0.3 is 0 Å². The number of hydrogen-bond acceptors (Lipinski definition) is 7. The van der Waals surface area contributed by atoms with E-state index in [1.54, 1.807) is 20.0 Å². The van der Waals surface area contributed by atoms with Crippen molar-refractivity contribution < 1.29 is 22.3 Å². The number of piperidine rings is 1. The minimum Gasteiger partial charge on any atom is -0.493 e. The number of rotatable bonds is 8. The Morgan fingerprint density at radius 3 is 2.59 bits per heavy atom. The Morgan fingerprint density at radius 2 is 1.88 bits per heavy atom. The lowest BCUT2D eigenvalue weighted by atomic mass is 10.0. The Hall–Kier alpha value is -4.16. The van der Waals surface area contributed by atoms with Crippen LogP contribution < -0.4 is 10.3 Å². The predicted molar refractivity (Wildman–Crippen MR) is 152 cm³/mol.